The van der Waals surface area contributed by atoms with Crippen molar-refractivity contribution in [1.82, 2.24) is 19.8 Å². The van der Waals surface area contributed by atoms with Crippen molar-refractivity contribution < 1.29 is 12.8 Å². The lowest BCUT2D eigenvalue weighted by molar-refractivity contribution is 0.121. The molecular weight excluding hydrogens is 352 g/mol. The monoisotopic (exact) mass is 378 g/mol. The third kappa shape index (κ3) is 5.36. The Balaban J connectivity index is 1.61. The van der Waals surface area contributed by atoms with E-state index in [4.69, 9.17) is 4.42 Å². The van der Waals surface area contributed by atoms with Crippen LogP contribution in [-0.2, 0) is 16.6 Å². The van der Waals surface area contributed by atoms with Crippen LogP contribution < -0.4 is 4.72 Å². The van der Waals surface area contributed by atoms with E-state index in [0.29, 0.717) is 30.9 Å². The summed E-state index contributed by atoms with van der Waals surface area (Å²) in [5.41, 5.74) is 2.11. The number of benzene rings is 1. The summed E-state index contributed by atoms with van der Waals surface area (Å²) in [4.78, 5) is 2.32. The number of aromatic nitrogens is 2. The molecule has 7 nitrogen and oxygen atoms in total. The lowest BCUT2D eigenvalue weighted by Gasteiger charge is -2.34. The second-order valence-corrected chi connectivity index (χ2v) is 8.78. The predicted octanol–water partition coefficient (Wildman–Crippen LogP) is 2.34. The van der Waals surface area contributed by atoms with Crippen LogP contribution in [0, 0.1) is 6.92 Å². The van der Waals surface area contributed by atoms with Gasteiger partial charge in [0.25, 0.3) is 0 Å². The molecule has 2 heterocycles. The summed E-state index contributed by atoms with van der Waals surface area (Å²) in [6.45, 7) is 4.06. The maximum Gasteiger partial charge on any atom is 0.247 e. The molecule has 1 aromatic carbocycles. The molecule has 3 rings (SSSR count). The Morgan fingerprint density at radius 3 is 2.73 bits per heavy atom. The zero-order chi connectivity index (χ0) is 18.6. The Morgan fingerprint density at radius 1 is 1.23 bits per heavy atom. The van der Waals surface area contributed by atoms with Crippen molar-refractivity contribution in [2.45, 2.75) is 45.2 Å². The molecular formula is C18H26N4O3S. The van der Waals surface area contributed by atoms with Gasteiger partial charge in [0.15, 0.2) is 0 Å². The predicted molar refractivity (Wildman–Crippen MR) is 100.0 cm³/mol. The molecule has 0 bridgehead atoms. The normalized spacial score (nSPS) is 18.9. The molecule has 1 aromatic heterocycles. The fourth-order valence-electron chi connectivity index (χ4n) is 3.31. The van der Waals surface area contributed by atoms with Gasteiger partial charge in [0, 0.05) is 18.2 Å². The zero-order valence-electron chi connectivity index (χ0n) is 15.3. The van der Waals surface area contributed by atoms with Crippen LogP contribution in [0.5, 0.6) is 0 Å². The van der Waals surface area contributed by atoms with E-state index in [1.54, 1.807) is 0 Å². The number of nitrogens with one attached hydrogen (secondary N) is 1. The number of aryl methyl sites for hydroxylation is 1. The number of hydrogen-bond acceptors (Lipinski definition) is 6. The molecule has 1 fully saturated rings. The molecule has 8 heteroatoms. The number of nitrogens with zero attached hydrogens (tertiary/aromatic N) is 3. The van der Waals surface area contributed by atoms with Crippen molar-refractivity contribution in [1.29, 1.82) is 0 Å². The second kappa shape index (κ2) is 8.28. The first-order valence-electron chi connectivity index (χ1n) is 8.99. The fraction of sp³-hybridized carbons (Fsp3) is 0.556. The topological polar surface area (TPSA) is 88.3 Å². The quantitative estimate of drug-likeness (QED) is 0.796. The summed E-state index contributed by atoms with van der Waals surface area (Å²) in [5, 5.41) is 8.36. The summed E-state index contributed by atoms with van der Waals surface area (Å²) in [5.74, 6) is 1.14. The molecule has 26 heavy (non-hydrogen) atoms. The van der Waals surface area contributed by atoms with Crippen LogP contribution in [0.4, 0.5) is 0 Å². The van der Waals surface area contributed by atoms with Crippen LogP contribution in [0.15, 0.2) is 28.7 Å². The van der Waals surface area contributed by atoms with Gasteiger partial charge < -0.3 is 4.42 Å². The van der Waals surface area contributed by atoms with Crippen LogP contribution in [0.2, 0.25) is 0 Å². The number of likely N-dealkylation sites (tertiary alicyclic amines) is 1. The third-order valence-corrected chi connectivity index (χ3v) is 5.42. The SMILES string of the molecule is Cc1ccc(-c2nnc(CN3CCCCC3CCNS(C)(=O)=O)o2)cc1. The molecule has 1 saturated heterocycles. The van der Waals surface area contributed by atoms with Crippen molar-refractivity contribution in [2.75, 3.05) is 19.3 Å². The van der Waals surface area contributed by atoms with Crippen molar-refractivity contribution in [2.24, 2.45) is 0 Å². The smallest absolute Gasteiger partial charge is 0.247 e. The largest absolute Gasteiger partial charge is 0.419 e. The first kappa shape index (κ1) is 19.0. The van der Waals surface area contributed by atoms with Gasteiger partial charge >= 0.3 is 0 Å². The van der Waals surface area contributed by atoms with Crippen molar-refractivity contribution in [3.8, 4) is 11.5 Å². The van der Waals surface area contributed by atoms with Crippen LogP contribution >= 0.6 is 0 Å². The molecule has 0 amide bonds. The zero-order valence-corrected chi connectivity index (χ0v) is 16.1. The molecule has 2 aromatic rings. The number of hydrogen-bond donors (Lipinski definition) is 1. The summed E-state index contributed by atoms with van der Waals surface area (Å²) in [6, 6.07) is 8.33. The van der Waals surface area contributed by atoms with E-state index in [9.17, 15) is 8.42 Å². The Bertz CT molecular complexity index is 817. The van der Waals surface area contributed by atoms with E-state index in [1.807, 2.05) is 31.2 Å². The fourth-order valence-corrected chi connectivity index (χ4v) is 3.80. The molecule has 1 atom stereocenters. The molecule has 0 aliphatic carbocycles. The third-order valence-electron chi connectivity index (χ3n) is 4.69. The maximum absolute atomic E-state index is 11.2. The average Bonchev–Trinajstić information content (AvgIpc) is 3.04. The highest BCUT2D eigenvalue weighted by atomic mass is 32.2. The molecule has 0 radical (unpaired) electrons. The molecule has 142 valence electrons. The van der Waals surface area contributed by atoms with E-state index in [2.05, 4.69) is 19.8 Å². The number of rotatable bonds is 7. The minimum atomic E-state index is -3.14. The van der Waals surface area contributed by atoms with Crippen molar-refractivity contribution >= 4 is 10.0 Å². The summed E-state index contributed by atoms with van der Waals surface area (Å²) in [6.07, 6.45) is 5.33. The van der Waals surface area contributed by atoms with Gasteiger partial charge in [-0.1, -0.05) is 24.1 Å². The van der Waals surface area contributed by atoms with Gasteiger partial charge in [-0.25, -0.2) is 13.1 Å². The first-order valence-corrected chi connectivity index (χ1v) is 10.9. The van der Waals surface area contributed by atoms with Gasteiger partial charge in [0.05, 0.1) is 12.8 Å². The minimum absolute atomic E-state index is 0.327. The Morgan fingerprint density at radius 2 is 2.00 bits per heavy atom. The van der Waals surface area contributed by atoms with E-state index in [1.165, 1.54) is 18.2 Å². The Labute approximate surface area is 154 Å². The Kier molecular flexibility index (Phi) is 6.05. The van der Waals surface area contributed by atoms with E-state index in [-0.39, 0.29) is 0 Å². The highest BCUT2D eigenvalue weighted by Crippen LogP contribution is 2.23. The van der Waals surface area contributed by atoms with Gasteiger partial charge in [-0.15, -0.1) is 10.2 Å². The van der Waals surface area contributed by atoms with Crippen LogP contribution in [0.3, 0.4) is 0 Å². The average molecular weight is 378 g/mol. The lowest BCUT2D eigenvalue weighted by Crippen LogP contribution is -2.41. The summed E-state index contributed by atoms with van der Waals surface area (Å²) < 4.78 is 30.9. The molecule has 1 unspecified atom stereocenters. The van der Waals surface area contributed by atoms with Gasteiger partial charge in [0.1, 0.15) is 0 Å². The van der Waals surface area contributed by atoms with Crippen LogP contribution in [0.25, 0.3) is 11.5 Å². The minimum Gasteiger partial charge on any atom is -0.419 e. The maximum atomic E-state index is 11.2. The Hall–Kier alpha value is -1.77. The van der Waals surface area contributed by atoms with E-state index in [0.717, 1.165) is 31.4 Å². The van der Waals surface area contributed by atoms with E-state index >= 15 is 0 Å². The highest BCUT2D eigenvalue weighted by Gasteiger charge is 2.24. The van der Waals surface area contributed by atoms with Gasteiger partial charge in [-0.05, 0) is 44.9 Å². The van der Waals surface area contributed by atoms with Crippen molar-refractivity contribution in [3.05, 3.63) is 35.7 Å². The molecule has 1 aliphatic heterocycles. The number of sulfonamides is 1. The summed E-state index contributed by atoms with van der Waals surface area (Å²) in [7, 11) is -3.14. The van der Waals surface area contributed by atoms with Gasteiger partial charge in [0.2, 0.25) is 21.8 Å². The highest BCUT2D eigenvalue weighted by molar-refractivity contribution is 7.88. The van der Waals surface area contributed by atoms with Gasteiger partial charge in [-0.3, -0.25) is 4.90 Å². The number of piperidine rings is 1. The van der Waals surface area contributed by atoms with Crippen LogP contribution in [-0.4, -0.2) is 48.9 Å². The molecule has 0 saturated carbocycles. The molecule has 0 spiro atoms. The standard InChI is InChI=1S/C18H26N4O3S/c1-14-6-8-15(9-7-14)18-21-20-17(25-18)13-22-12-4-3-5-16(22)10-11-19-26(2,23)24/h6-9,16,19H,3-5,10-13H2,1-2H3. The van der Waals surface area contributed by atoms with E-state index < -0.39 is 10.0 Å². The lowest BCUT2D eigenvalue weighted by atomic mass is 9.99. The second-order valence-electron chi connectivity index (χ2n) is 6.94. The molecule has 1 aliphatic rings. The molecule has 1 N–H and O–H groups in total. The summed E-state index contributed by atoms with van der Waals surface area (Å²) >= 11 is 0. The van der Waals surface area contributed by atoms with Crippen LogP contribution in [0.1, 0.15) is 37.1 Å². The first-order chi connectivity index (χ1) is 12.4. The van der Waals surface area contributed by atoms with Gasteiger partial charge in [-0.2, -0.15) is 0 Å². The van der Waals surface area contributed by atoms with Crippen molar-refractivity contribution in [3.63, 3.8) is 0 Å².